The van der Waals surface area contributed by atoms with Crippen LogP contribution in [0.5, 0.6) is 0 Å². The quantitative estimate of drug-likeness (QED) is 0.494. The topological polar surface area (TPSA) is 59.1 Å². The number of carbonyl (C=O) groups excluding carboxylic acids is 2. The molecule has 1 aromatic carbocycles. The van der Waals surface area contributed by atoms with E-state index in [1.807, 2.05) is 30.3 Å². The zero-order chi connectivity index (χ0) is 24.8. The number of likely N-dealkylation sites (tertiary alicyclic amines) is 2. The Morgan fingerprint density at radius 1 is 1.00 bits per heavy atom. The molecule has 190 valence electrons. The highest BCUT2D eigenvalue weighted by atomic mass is 19.3. The molecular weight excluding hydrogens is 442 g/mol. The minimum atomic E-state index is -2.76. The summed E-state index contributed by atoms with van der Waals surface area (Å²) < 4.78 is 39.8. The molecule has 0 saturated carbocycles. The number of amides is 2. The van der Waals surface area contributed by atoms with Crippen molar-refractivity contribution in [1.29, 1.82) is 0 Å². The molecule has 6 nitrogen and oxygen atoms in total. The van der Waals surface area contributed by atoms with Gasteiger partial charge in [-0.25, -0.2) is 18.4 Å². The number of halogens is 2. The fraction of sp³-hybridized carbons (Fsp3) is 0.692. The van der Waals surface area contributed by atoms with Crippen molar-refractivity contribution < 1.29 is 27.8 Å². The van der Waals surface area contributed by atoms with E-state index >= 15 is 0 Å². The Hall–Kier alpha value is -2.38. The molecule has 3 rings (SSSR count). The first-order valence-electron chi connectivity index (χ1n) is 12.3. The summed E-state index contributed by atoms with van der Waals surface area (Å²) >= 11 is 0. The van der Waals surface area contributed by atoms with Crippen LogP contribution in [0.3, 0.4) is 0 Å². The van der Waals surface area contributed by atoms with Crippen LogP contribution in [0.4, 0.5) is 18.4 Å². The van der Waals surface area contributed by atoms with E-state index in [0.29, 0.717) is 31.8 Å². The Morgan fingerprint density at radius 3 is 2.32 bits per heavy atom. The Bertz CT molecular complexity index is 805. The second kappa shape index (κ2) is 11.4. The molecule has 0 aliphatic carbocycles. The van der Waals surface area contributed by atoms with E-state index in [2.05, 4.69) is 0 Å². The third-order valence-corrected chi connectivity index (χ3v) is 6.65. The maximum Gasteiger partial charge on any atom is 0.410 e. The summed E-state index contributed by atoms with van der Waals surface area (Å²) in [4.78, 5) is 27.8. The number of hydrogen-bond acceptors (Lipinski definition) is 4. The average molecular weight is 481 g/mol. The lowest BCUT2D eigenvalue weighted by Gasteiger charge is -2.39. The molecule has 0 radical (unpaired) electrons. The number of piperidine rings is 2. The SMILES string of the molecule is CC(C)(C)OC(=O)N1CCC(F)(F)C(CCCC2CCN(C(=O)OCc3ccccc3)CC2)C1. The third-order valence-electron chi connectivity index (χ3n) is 6.65. The van der Waals surface area contributed by atoms with Crippen LogP contribution in [0, 0.1) is 11.8 Å². The van der Waals surface area contributed by atoms with Gasteiger partial charge in [0, 0.05) is 38.5 Å². The predicted octanol–water partition coefficient (Wildman–Crippen LogP) is 6.10. The van der Waals surface area contributed by atoms with Crippen molar-refractivity contribution in [3.63, 3.8) is 0 Å². The van der Waals surface area contributed by atoms with Crippen LogP contribution in [0.15, 0.2) is 30.3 Å². The molecule has 2 heterocycles. The molecule has 1 aromatic rings. The summed E-state index contributed by atoms with van der Waals surface area (Å²) in [6, 6.07) is 9.58. The number of rotatable bonds is 6. The second-order valence-corrected chi connectivity index (χ2v) is 10.5. The zero-order valence-corrected chi connectivity index (χ0v) is 20.6. The molecule has 0 N–H and O–H groups in total. The van der Waals surface area contributed by atoms with Gasteiger partial charge in [0.2, 0.25) is 0 Å². The van der Waals surface area contributed by atoms with Crippen LogP contribution in [0.25, 0.3) is 0 Å². The van der Waals surface area contributed by atoms with Gasteiger partial charge in [-0.05, 0) is 51.5 Å². The van der Waals surface area contributed by atoms with Crippen molar-refractivity contribution in [2.45, 2.75) is 77.4 Å². The van der Waals surface area contributed by atoms with Gasteiger partial charge in [0.15, 0.2) is 0 Å². The van der Waals surface area contributed by atoms with Gasteiger partial charge < -0.3 is 19.3 Å². The van der Waals surface area contributed by atoms with E-state index in [9.17, 15) is 18.4 Å². The first-order valence-corrected chi connectivity index (χ1v) is 12.3. The van der Waals surface area contributed by atoms with Crippen LogP contribution in [0.2, 0.25) is 0 Å². The summed E-state index contributed by atoms with van der Waals surface area (Å²) in [6.45, 7) is 6.90. The first-order chi connectivity index (χ1) is 16.0. The number of hydrogen-bond donors (Lipinski definition) is 0. The summed E-state index contributed by atoms with van der Waals surface area (Å²) in [5, 5.41) is 0. The molecule has 2 saturated heterocycles. The van der Waals surface area contributed by atoms with Gasteiger partial charge in [-0.3, -0.25) is 0 Å². The number of nitrogens with zero attached hydrogens (tertiary/aromatic N) is 2. The zero-order valence-electron chi connectivity index (χ0n) is 20.6. The lowest BCUT2D eigenvalue weighted by Crippen LogP contribution is -2.50. The second-order valence-electron chi connectivity index (χ2n) is 10.5. The largest absolute Gasteiger partial charge is 0.445 e. The Labute approximate surface area is 201 Å². The summed E-state index contributed by atoms with van der Waals surface area (Å²) in [6.07, 6.45) is 2.49. The minimum Gasteiger partial charge on any atom is -0.445 e. The van der Waals surface area contributed by atoms with Crippen LogP contribution in [0.1, 0.15) is 64.9 Å². The molecule has 1 unspecified atom stereocenters. The summed E-state index contributed by atoms with van der Waals surface area (Å²) in [5.74, 6) is -3.19. The average Bonchev–Trinajstić information content (AvgIpc) is 2.78. The van der Waals surface area contributed by atoms with Gasteiger partial charge in [0.05, 0.1) is 0 Å². The van der Waals surface area contributed by atoms with Crippen LogP contribution >= 0.6 is 0 Å². The van der Waals surface area contributed by atoms with Gasteiger partial charge >= 0.3 is 12.2 Å². The standard InChI is InChI=1S/C26H38F2N2O4/c1-25(2,3)34-24(32)30-17-14-26(27,28)22(18-30)11-7-10-20-12-15-29(16-13-20)23(31)33-19-21-8-5-4-6-9-21/h4-6,8-9,20,22H,7,10-19H2,1-3H3. The van der Waals surface area contributed by atoms with Crippen molar-refractivity contribution in [3.05, 3.63) is 35.9 Å². The van der Waals surface area contributed by atoms with Gasteiger partial charge in [0.25, 0.3) is 5.92 Å². The highest BCUT2D eigenvalue weighted by Gasteiger charge is 2.45. The maximum atomic E-state index is 14.5. The van der Waals surface area contributed by atoms with E-state index in [4.69, 9.17) is 9.47 Å². The van der Waals surface area contributed by atoms with E-state index < -0.39 is 23.5 Å². The van der Waals surface area contributed by atoms with Crippen molar-refractivity contribution in [1.82, 2.24) is 9.80 Å². The van der Waals surface area contributed by atoms with Gasteiger partial charge in [0.1, 0.15) is 12.2 Å². The number of carbonyl (C=O) groups is 2. The highest BCUT2D eigenvalue weighted by Crippen LogP contribution is 2.37. The molecule has 0 aromatic heterocycles. The van der Waals surface area contributed by atoms with E-state index in [1.165, 1.54) is 4.90 Å². The molecule has 2 fully saturated rings. The van der Waals surface area contributed by atoms with Crippen molar-refractivity contribution in [2.24, 2.45) is 11.8 Å². The number of ether oxygens (including phenoxy) is 2. The number of alkyl halides is 2. The molecule has 8 heteroatoms. The Morgan fingerprint density at radius 2 is 1.68 bits per heavy atom. The maximum absolute atomic E-state index is 14.5. The molecule has 2 aliphatic heterocycles. The van der Waals surface area contributed by atoms with Gasteiger partial charge in [-0.1, -0.05) is 43.2 Å². The molecule has 0 bridgehead atoms. The van der Waals surface area contributed by atoms with Crippen LogP contribution in [-0.4, -0.2) is 59.7 Å². The highest BCUT2D eigenvalue weighted by molar-refractivity contribution is 5.68. The predicted molar refractivity (Wildman–Crippen MR) is 126 cm³/mol. The van der Waals surface area contributed by atoms with Crippen LogP contribution in [-0.2, 0) is 16.1 Å². The van der Waals surface area contributed by atoms with Crippen molar-refractivity contribution in [3.8, 4) is 0 Å². The molecule has 2 amide bonds. The summed E-state index contributed by atoms with van der Waals surface area (Å²) in [5.41, 5.74) is 0.311. The summed E-state index contributed by atoms with van der Waals surface area (Å²) in [7, 11) is 0. The Kier molecular flexibility index (Phi) is 8.77. The molecule has 34 heavy (non-hydrogen) atoms. The van der Waals surface area contributed by atoms with E-state index in [-0.39, 0.29) is 32.2 Å². The van der Waals surface area contributed by atoms with Gasteiger partial charge in [-0.2, -0.15) is 0 Å². The Balaban J connectivity index is 1.37. The number of benzene rings is 1. The smallest absolute Gasteiger partial charge is 0.410 e. The fourth-order valence-electron chi connectivity index (χ4n) is 4.64. The fourth-order valence-corrected chi connectivity index (χ4v) is 4.64. The normalized spacial score (nSPS) is 21.3. The molecular formula is C26H38F2N2O4. The van der Waals surface area contributed by atoms with E-state index in [0.717, 1.165) is 24.8 Å². The van der Waals surface area contributed by atoms with E-state index in [1.54, 1.807) is 25.7 Å². The molecule has 2 aliphatic rings. The molecule has 1 atom stereocenters. The van der Waals surface area contributed by atoms with Crippen molar-refractivity contribution >= 4 is 12.2 Å². The lowest BCUT2D eigenvalue weighted by atomic mass is 9.85. The molecule has 0 spiro atoms. The van der Waals surface area contributed by atoms with Gasteiger partial charge in [-0.15, -0.1) is 0 Å². The van der Waals surface area contributed by atoms with Crippen molar-refractivity contribution in [2.75, 3.05) is 26.2 Å². The minimum absolute atomic E-state index is 0.0250. The third kappa shape index (κ3) is 7.84. The van der Waals surface area contributed by atoms with Crippen LogP contribution < -0.4 is 0 Å². The first kappa shape index (κ1) is 26.2. The monoisotopic (exact) mass is 480 g/mol. The lowest BCUT2D eigenvalue weighted by molar-refractivity contribution is -0.108.